The minimum Gasteiger partial charge on any atom is -0.480 e. The smallest absolute Gasteiger partial charge is 0.326 e. The van der Waals surface area contributed by atoms with Gasteiger partial charge >= 0.3 is 12.0 Å². The molecule has 2 rings (SSSR count). The van der Waals surface area contributed by atoms with Crippen LogP contribution in [0, 0.1) is 0 Å². The van der Waals surface area contributed by atoms with Crippen LogP contribution in [0.3, 0.4) is 0 Å². The molecule has 2 atom stereocenters. The van der Waals surface area contributed by atoms with E-state index in [0.29, 0.717) is 5.69 Å². The number of likely N-dealkylation sites (tertiary alicyclic amines) is 1. The van der Waals surface area contributed by atoms with Gasteiger partial charge in [0.15, 0.2) is 0 Å². The number of carboxylic acid groups (broad SMARTS) is 1. The minimum atomic E-state index is -1.11. The van der Waals surface area contributed by atoms with Crippen LogP contribution in [0.5, 0.6) is 0 Å². The third-order valence-corrected chi connectivity index (χ3v) is 3.13. The maximum Gasteiger partial charge on any atom is 0.326 e. The molecule has 1 aliphatic heterocycles. The van der Waals surface area contributed by atoms with Gasteiger partial charge in [0.05, 0.1) is 18.0 Å². The lowest BCUT2D eigenvalue weighted by Gasteiger charge is -2.27. The zero-order chi connectivity index (χ0) is 14.0. The summed E-state index contributed by atoms with van der Waals surface area (Å²) in [5, 5.41) is 18.6. The van der Waals surface area contributed by atoms with Crippen molar-refractivity contribution in [2.75, 3.05) is 18.5 Å². The monoisotopic (exact) mass is 265 g/mol. The first kappa shape index (κ1) is 13.3. The maximum absolute atomic E-state index is 12.3. The van der Waals surface area contributed by atoms with Crippen molar-refractivity contribution in [3.05, 3.63) is 24.5 Å². The number of carboxylic acids is 1. The van der Waals surface area contributed by atoms with Gasteiger partial charge in [0.2, 0.25) is 0 Å². The number of nitrogens with zero attached hydrogens (tertiary/aromatic N) is 3. The maximum atomic E-state index is 12.3. The van der Waals surface area contributed by atoms with Gasteiger partial charge in [0.25, 0.3) is 0 Å². The molecule has 2 N–H and O–H groups in total. The number of β-amino-alcohol motifs (C(OH)–C–C–N with tert-alkyl or cyclic N) is 1. The van der Waals surface area contributed by atoms with Crippen LogP contribution in [-0.4, -0.2) is 57.8 Å². The first-order chi connectivity index (χ1) is 9.00. The van der Waals surface area contributed by atoms with Gasteiger partial charge in [0.1, 0.15) is 6.04 Å². The van der Waals surface area contributed by atoms with Crippen LogP contribution in [0.2, 0.25) is 0 Å². The lowest BCUT2D eigenvalue weighted by molar-refractivity contribution is -0.141. The number of amides is 2. The Hall–Kier alpha value is -2.15. The van der Waals surface area contributed by atoms with Gasteiger partial charge in [-0.25, -0.2) is 9.59 Å². The molecule has 0 spiro atoms. The largest absolute Gasteiger partial charge is 0.480 e. The molecule has 1 fully saturated rings. The van der Waals surface area contributed by atoms with Crippen LogP contribution in [0.4, 0.5) is 10.5 Å². The van der Waals surface area contributed by atoms with E-state index in [-0.39, 0.29) is 13.0 Å². The number of hydrogen-bond acceptors (Lipinski definition) is 4. The molecule has 2 amide bonds. The number of pyridine rings is 1. The molecule has 102 valence electrons. The van der Waals surface area contributed by atoms with Gasteiger partial charge in [-0.3, -0.25) is 9.88 Å². The van der Waals surface area contributed by atoms with Crippen LogP contribution in [0.15, 0.2) is 24.5 Å². The topological polar surface area (TPSA) is 94.0 Å². The molecule has 1 aromatic heterocycles. The van der Waals surface area contributed by atoms with Crippen molar-refractivity contribution in [2.45, 2.75) is 18.6 Å². The first-order valence-electron chi connectivity index (χ1n) is 5.86. The number of anilines is 1. The molecule has 1 aromatic rings. The fourth-order valence-corrected chi connectivity index (χ4v) is 2.11. The van der Waals surface area contributed by atoms with E-state index in [2.05, 4.69) is 4.98 Å². The van der Waals surface area contributed by atoms with Gasteiger partial charge in [-0.05, 0) is 12.1 Å². The first-order valence-corrected chi connectivity index (χ1v) is 5.86. The summed E-state index contributed by atoms with van der Waals surface area (Å²) < 4.78 is 0. The van der Waals surface area contributed by atoms with Crippen molar-refractivity contribution < 1.29 is 19.8 Å². The molecule has 7 nitrogen and oxygen atoms in total. The number of carbonyl (C=O) groups is 2. The second-order valence-electron chi connectivity index (χ2n) is 4.45. The van der Waals surface area contributed by atoms with Gasteiger partial charge in [-0.15, -0.1) is 0 Å². The predicted molar refractivity (Wildman–Crippen MR) is 66.8 cm³/mol. The number of hydrogen-bond donors (Lipinski definition) is 2. The molecule has 2 heterocycles. The molecular weight excluding hydrogens is 250 g/mol. The van der Waals surface area contributed by atoms with Gasteiger partial charge < -0.3 is 15.1 Å². The Morgan fingerprint density at radius 3 is 2.84 bits per heavy atom. The Balaban J connectivity index is 2.17. The van der Waals surface area contributed by atoms with Crippen LogP contribution in [0.1, 0.15) is 6.42 Å². The molecule has 0 unspecified atom stereocenters. The molecule has 0 bridgehead atoms. The van der Waals surface area contributed by atoms with Crippen molar-refractivity contribution in [1.29, 1.82) is 0 Å². The lowest BCUT2D eigenvalue weighted by atomic mass is 10.2. The number of rotatable bonds is 2. The highest BCUT2D eigenvalue weighted by Gasteiger charge is 2.40. The number of carbonyl (C=O) groups excluding carboxylic acids is 1. The van der Waals surface area contributed by atoms with E-state index in [9.17, 15) is 14.7 Å². The Bertz CT molecular complexity index is 479. The van der Waals surface area contributed by atoms with E-state index in [1.165, 1.54) is 16.0 Å². The number of aliphatic hydroxyl groups excluding tert-OH is 1. The summed E-state index contributed by atoms with van der Waals surface area (Å²) in [6, 6.07) is 1.94. The van der Waals surface area contributed by atoms with Crippen LogP contribution in [0.25, 0.3) is 0 Å². The third-order valence-electron chi connectivity index (χ3n) is 3.13. The summed E-state index contributed by atoms with van der Waals surface area (Å²) in [4.78, 5) is 29.7. The molecule has 0 aliphatic carbocycles. The van der Waals surface area contributed by atoms with Crippen LogP contribution in [-0.2, 0) is 4.79 Å². The minimum absolute atomic E-state index is 0.0282. The van der Waals surface area contributed by atoms with Crippen molar-refractivity contribution in [3.8, 4) is 0 Å². The normalized spacial score (nSPS) is 22.3. The summed E-state index contributed by atoms with van der Waals surface area (Å²) in [6.45, 7) is 0.0282. The quantitative estimate of drug-likeness (QED) is 0.794. The third kappa shape index (κ3) is 2.65. The van der Waals surface area contributed by atoms with Gasteiger partial charge in [0, 0.05) is 26.2 Å². The van der Waals surface area contributed by atoms with Crippen molar-refractivity contribution in [3.63, 3.8) is 0 Å². The van der Waals surface area contributed by atoms with Crippen LogP contribution >= 0.6 is 0 Å². The summed E-state index contributed by atoms with van der Waals surface area (Å²) in [5.41, 5.74) is 0.568. The summed E-state index contributed by atoms with van der Waals surface area (Å²) in [7, 11) is 1.54. The van der Waals surface area contributed by atoms with E-state index >= 15 is 0 Å². The van der Waals surface area contributed by atoms with E-state index in [0.717, 1.165) is 0 Å². The SMILES string of the molecule is CN(C(=O)N1C[C@H](O)C[C@H]1C(=O)O)c1cccnc1. The molecule has 1 aliphatic rings. The summed E-state index contributed by atoms with van der Waals surface area (Å²) >= 11 is 0. The summed E-state index contributed by atoms with van der Waals surface area (Å²) in [5.74, 6) is -1.11. The fourth-order valence-electron chi connectivity index (χ4n) is 2.11. The van der Waals surface area contributed by atoms with Gasteiger partial charge in [-0.1, -0.05) is 0 Å². The number of aliphatic carboxylic acids is 1. The Morgan fingerprint density at radius 1 is 1.53 bits per heavy atom. The van der Waals surface area contributed by atoms with Crippen molar-refractivity contribution in [2.24, 2.45) is 0 Å². The number of aliphatic hydroxyl groups is 1. The highest BCUT2D eigenvalue weighted by Crippen LogP contribution is 2.21. The standard InChI is InChI=1S/C12H15N3O4/c1-14(8-3-2-4-13-6-8)12(19)15-7-9(16)5-10(15)11(17)18/h2-4,6,9-10,16H,5,7H2,1H3,(H,17,18)/t9-,10+/m1/s1. The van der Waals surface area contributed by atoms with E-state index in [1.54, 1.807) is 25.4 Å². The Labute approximate surface area is 110 Å². The van der Waals surface area contributed by atoms with Crippen molar-refractivity contribution in [1.82, 2.24) is 9.88 Å². The Morgan fingerprint density at radius 2 is 2.26 bits per heavy atom. The van der Waals surface area contributed by atoms with E-state index in [4.69, 9.17) is 5.11 Å². The zero-order valence-electron chi connectivity index (χ0n) is 10.4. The fraction of sp³-hybridized carbons (Fsp3) is 0.417. The van der Waals surface area contributed by atoms with E-state index < -0.39 is 24.1 Å². The molecule has 19 heavy (non-hydrogen) atoms. The highest BCUT2D eigenvalue weighted by molar-refractivity contribution is 5.94. The predicted octanol–water partition coefficient (Wildman–Crippen LogP) is 0.158. The highest BCUT2D eigenvalue weighted by atomic mass is 16.4. The zero-order valence-corrected chi connectivity index (χ0v) is 10.4. The van der Waals surface area contributed by atoms with E-state index in [1.807, 2.05) is 0 Å². The molecule has 0 saturated carbocycles. The second kappa shape index (κ2) is 5.23. The molecular formula is C12H15N3O4. The molecule has 7 heteroatoms. The van der Waals surface area contributed by atoms with Gasteiger partial charge in [-0.2, -0.15) is 0 Å². The average Bonchev–Trinajstić information content (AvgIpc) is 2.80. The average molecular weight is 265 g/mol. The van der Waals surface area contributed by atoms with Crippen molar-refractivity contribution >= 4 is 17.7 Å². The lowest BCUT2D eigenvalue weighted by Crippen LogP contribution is -2.47. The number of urea groups is 1. The molecule has 0 radical (unpaired) electrons. The number of aromatic nitrogens is 1. The Kier molecular flexibility index (Phi) is 3.66. The van der Waals surface area contributed by atoms with Crippen LogP contribution < -0.4 is 4.90 Å². The molecule has 1 saturated heterocycles. The summed E-state index contributed by atoms with van der Waals surface area (Å²) in [6.07, 6.45) is 2.36. The molecule has 0 aromatic carbocycles. The second-order valence-corrected chi connectivity index (χ2v) is 4.45.